The van der Waals surface area contributed by atoms with Crippen LogP contribution in [0.2, 0.25) is 0 Å². The van der Waals surface area contributed by atoms with Crippen LogP contribution in [0.3, 0.4) is 0 Å². The van der Waals surface area contributed by atoms with Gasteiger partial charge in [-0.05, 0) is 51.0 Å². The van der Waals surface area contributed by atoms with Gasteiger partial charge in [-0.2, -0.15) is 0 Å². The van der Waals surface area contributed by atoms with E-state index >= 15 is 0 Å². The lowest BCUT2D eigenvalue weighted by Gasteiger charge is -2.29. The van der Waals surface area contributed by atoms with Gasteiger partial charge in [-0.1, -0.05) is 26.2 Å². The number of carbonyl (C=O) groups excluding carboxylic acids is 1. The highest BCUT2D eigenvalue weighted by Crippen LogP contribution is 2.28. The molecule has 1 unspecified atom stereocenters. The number of halogens is 1. The highest BCUT2D eigenvalue weighted by Gasteiger charge is 2.26. The van der Waals surface area contributed by atoms with Crippen molar-refractivity contribution < 1.29 is 4.79 Å². The van der Waals surface area contributed by atoms with E-state index < -0.39 is 0 Å². The van der Waals surface area contributed by atoms with Crippen molar-refractivity contribution in [3.8, 4) is 0 Å². The second-order valence-electron chi connectivity index (χ2n) is 6.02. The van der Waals surface area contributed by atoms with Crippen LogP contribution in [0.25, 0.3) is 0 Å². The molecule has 2 aliphatic rings. The van der Waals surface area contributed by atoms with Crippen molar-refractivity contribution in [2.45, 2.75) is 76.8 Å². The molecular weight excluding hydrogens is 260 g/mol. The molecule has 0 radical (unpaired) electrons. The Balaban J connectivity index is 0.00000180. The standard InChI is InChI=1S/C15H28N2O.ClH/c1-2-3-5-12-7-9-13(10-8-12)17-15(18)14-6-4-11-16-14;/h12-14,16H,2-11H2,1H3,(H,17,18);1H. The summed E-state index contributed by atoms with van der Waals surface area (Å²) in [6, 6.07) is 0.528. The molecule has 4 heteroatoms. The fraction of sp³-hybridized carbons (Fsp3) is 0.933. The minimum atomic E-state index is 0. The maximum atomic E-state index is 12.0. The van der Waals surface area contributed by atoms with Crippen LogP contribution in [0, 0.1) is 5.92 Å². The van der Waals surface area contributed by atoms with E-state index in [-0.39, 0.29) is 24.4 Å². The van der Waals surface area contributed by atoms with Gasteiger partial charge in [-0.25, -0.2) is 0 Å². The molecule has 0 spiro atoms. The van der Waals surface area contributed by atoms with Crippen molar-refractivity contribution in [3.05, 3.63) is 0 Å². The molecule has 2 fully saturated rings. The Labute approximate surface area is 123 Å². The van der Waals surface area contributed by atoms with Crippen LogP contribution in [-0.2, 0) is 4.79 Å². The van der Waals surface area contributed by atoms with Crippen LogP contribution < -0.4 is 10.6 Å². The highest BCUT2D eigenvalue weighted by atomic mass is 35.5. The van der Waals surface area contributed by atoms with Gasteiger partial charge in [0.25, 0.3) is 0 Å². The molecule has 1 saturated carbocycles. The maximum Gasteiger partial charge on any atom is 0.237 e. The number of rotatable bonds is 5. The summed E-state index contributed by atoms with van der Waals surface area (Å²) in [4.78, 5) is 12.0. The molecule has 2 N–H and O–H groups in total. The summed E-state index contributed by atoms with van der Waals surface area (Å²) in [5, 5.41) is 6.51. The molecule has 1 heterocycles. The zero-order valence-electron chi connectivity index (χ0n) is 12.1. The molecule has 1 saturated heterocycles. The molecule has 1 amide bonds. The lowest BCUT2D eigenvalue weighted by molar-refractivity contribution is -0.123. The lowest BCUT2D eigenvalue weighted by Crippen LogP contribution is -2.46. The van der Waals surface area contributed by atoms with Crippen molar-refractivity contribution in [2.24, 2.45) is 5.92 Å². The lowest BCUT2D eigenvalue weighted by atomic mass is 9.83. The van der Waals surface area contributed by atoms with Gasteiger partial charge in [0.2, 0.25) is 5.91 Å². The van der Waals surface area contributed by atoms with Crippen molar-refractivity contribution in [1.82, 2.24) is 10.6 Å². The topological polar surface area (TPSA) is 41.1 Å². The molecule has 1 aliphatic carbocycles. The SMILES string of the molecule is CCCCC1CCC(NC(=O)C2CCCN2)CC1.Cl. The molecule has 0 aromatic rings. The molecular formula is C15H29ClN2O. The van der Waals surface area contributed by atoms with Gasteiger partial charge in [0, 0.05) is 6.04 Å². The molecule has 3 nitrogen and oxygen atoms in total. The molecule has 0 aromatic heterocycles. The first-order chi connectivity index (χ1) is 8.79. The Morgan fingerprint density at radius 3 is 2.53 bits per heavy atom. The quantitative estimate of drug-likeness (QED) is 0.816. The van der Waals surface area contributed by atoms with Crippen LogP contribution in [0.4, 0.5) is 0 Å². The predicted octanol–water partition coefficient (Wildman–Crippen LogP) is 3.03. The summed E-state index contributed by atoms with van der Waals surface area (Å²) in [5.41, 5.74) is 0. The second-order valence-corrected chi connectivity index (χ2v) is 6.02. The largest absolute Gasteiger partial charge is 0.352 e. The number of hydrogen-bond donors (Lipinski definition) is 2. The van der Waals surface area contributed by atoms with Crippen LogP contribution in [0.5, 0.6) is 0 Å². The third kappa shape index (κ3) is 5.31. The summed E-state index contributed by atoms with van der Waals surface area (Å²) in [7, 11) is 0. The van der Waals surface area contributed by atoms with Crippen molar-refractivity contribution in [2.75, 3.05) is 6.54 Å². The van der Waals surface area contributed by atoms with Gasteiger partial charge in [0.05, 0.1) is 6.04 Å². The Morgan fingerprint density at radius 2 is 1.95 bits per heavy atom. The van der Waals surface area contributed by atoms with E-state index in [4.69, 9.17) is 0 Å². The van der Waals surface area contributed by atoms with Crippen molar-refractivity contribution in [3.63, 3.8) is 0 Å². The van der Waals surface area contributed by atoms with Crippen molar-refractivity contribution in [1.29, 1.82) is 0 Å². The van der Waals surface area contributed by atoms with Gasteiger partial charge in [0.15, 0.2) is 0 Å². The van der Waals surface area contributed by atoms with Gasteiger partial charge in [-0.15, -0.1) is 12.4 Å². The minimum Gasteiger partial charge on any atom is -0.352 e. The summed E-state index contributed by atoms with van der Waals surface area (Å²) in [5.74, 6) is 1.16. The molecule has 0 bridgehead atoms. The zero-order chi connectivity index (χ0) is 12.8. The van der Waals surface area contributed by atoms with E-state index in [1.165, 1.54) is 44.9 Å². The first-order valence-corrected chi connectivity index (χ1v) is 7.83. The first-order valence-electron chi connectivity index (χ1n) is 7.83. The number of carbonyl (C=O) groups is 1. The average Bonchev–Trinajstić information content (AvgIpc) is 2.92. The van der Waals surface area contributed by atoms with Gasteiger partial charge in [-0.3, -0.25) is 4.79 Å². The van der Waals surface area contributed by atoms with E-state index in [2.05, 4.69) is 17.6 Å². The summed E-state index contributed by atoms with van der Waals surface area (Å²) >= 11 is 0. The van der Waals surface area contributed by atoms with E-state index in [1.807, 2.05) is 0 Å². The average molecular weight is 289 g/mol. The summed E-state index contributed by atoms with van der Waals surface area (Å²) in [6.07, 6.45) is 11.2. The first kappa shape index (κ1) is 16.8. The van der Waals surface area contributed by atoms with Gasteiger partial charge >= 0.3 is 0 Å². The van der Waals surface area contributed by atoms with Crippen LogP contribution in [0.15, 0.2) is 0 Å². The maximum absolute atomic E-state index is 12.0. The van der Waals surface area contributed by atoms with Crippen LogP contribution in [0.1, 0.15) is 64.7 Å². The molecule has 1 aliphatic heterocycles. The minimum absolute atomic E-state index is 0. The Bertz CT molecular complexity index is 259. The third-order valence-corrected chi connectivity index (χ3v) is 4.54. The summed E-state index contributed by atoms with van der Waals surface area (Å²) < 4.78 is 0. The number of amides is 1. The second kappa shape index (κ2) is 8.80. The number of nitrogens with one attached hydrogen (secondary N) is 2. The number of unbranched alkanes of at least 4 members (excludes halogenated alkanes) is 1. The van der Waals surface area contributed by atoms with Gasteiger partial charge < -0.3 is 10.6 Å². The smallest absolute Gasteiger partial charge is 0.237 e. The van der Waals surface area contributed by atoms with E-state index in [1.54, 1.807) is 0 Å². The monoisotopic (exact) mass is 288 g/mol. The van der Waals surface area contributed by atoms with Gasteiger partial charge in [0.1, 0.15) is 0 Å². The number of hydrogen-bond acceptors (Lipinski definition) is 2. The normalized spacial score (nSPS) is 30.7. The van der Waals surface area contributed by atoms with E-state index in [9.17, 15) is 4.79 Å². The van der Waals surface area contributed by atoms with Crippen LogP contribution in [-0.4, -0.2) is 24.5 Å². The molecule has 19 heavy (non-hydrogen) atoms. The highest BCUT2D eigenvalue weighted by molar-refractivity contribution is 5.85. The predicted molar refractivity (Wildman–Crippen MR) is 81.7 cm³/mol. The Kier molecular flexibility index (Phi) is 7.77. The molecule has 2 rings (SSSR count). The fourth-order valence-corrected chi connectivity index (χ4v) is 3.30. The molecule has 0 aromatic carbocycles. The molecule has 1 atom stereocenters. The molecule has 112 valence electrons. The van der Waals surface area contributed by atoms with E-state index in [0.717, 1.165) is 25.3 Å². The third-order valence-electron chi connectivity index (χ3n) is 4.54. The Morgan fingerprint density at radius 1 is 1.21 bits per heavy atom. The van der Waals surface area contributed by atoms with E-state index in [0.29, 0.717) is 6.04 Å². The summed E-state index contributed by atoms with van der Waals surface area (Å²) in [6.45, 7) is 3.27. The Hall–Kier alpha value is -0.280. The van der Waals surface area contributed by atoms with Crippen molar-refractivity contribution >= 4 is 18.3 Å². The fourth-order valence-electron chi connectivity index (χ4n) is 3.30. The zero-order valence-corrected chi connectivity index (χ0v) is 12.9. The van der Waals surface area contributed by atoms with Crippen LogP contribution >= 0.6 is 12.4 Å².